The molecule has 150 valence electrons. The number of rotatable bonds is 4. The molecule has 1 N–H and O–H groups in total. The second kappa shape index (κ2) is 6.99. The number of benzene rings is 1. The quantitative estimate of drug-likeness (QED) is 0.562. The lowest BCUT2D eigenvalue weighted by atomic mass is 9.68. The smallest absolute Gasteiger partial charge is 0.196 e. The molecule has 0 fully saturated rings. The van der Waals surface area contributed by atoms with E-state index in [1.165, 1.54) is 6.07 Å². The number of fused-ring (bicyclic) bond motifs is 2. The maximum Gasteiger partial charge on any atom is 0.196 e. The van der Waals surface area contributed by atoms with Gasteiger partial charge in [-0.25, -0.2) is 0 Å². The first-order valence-corrected chi connectivity index (χ1v) is 10.9. The maximum atomic E-state index is 13.3. The van der Waals surface area contributed by atoms with Gasteiger partial charge in [0.05, 0.1) is 5.41 Å². The molecule has 0 amide bonds. The van der Waals surface area contributed by atoms with E-state index in [1.54, 1.807) is 11.3 Å². The van der Waals surface area contributed by atoms with Gasteiger partial charge in [-0.15, -0.1) is 11.3 Å². The number of thiophene rings is 1. The fourth-order valence-electron chi connectivity index (χ4n) is 4.39. The highest BCUT2D eigenvalue weighted by Crippen LogP contribution is 2.45. The molecule has 3 aromatic rings. The van der Waals surface area contributed by atoms with Crippen LogP contribution in [-0.2, 0) is 10.2 Å². The molecule has 0 bridgehead atoms. The van der Waals surface area contributed by atoms with Crippen molar-refractivity contribution >= 4 is 33.0 Å². The molecule has 2 aromatic heterocycles. The fourth-order valence-corrected chi connectivity index (χ4v) is 5.32. The molecule has 4 rings (SSSR count). The van der Waals surface area contributed by atoms with Crippen LogP contribution in [0.15, 0.2) is 44.4 Å². The molecule has 0 atom stereocenters. The van der Waals surface area contributed by atoms with Gasteiger partial charge in [-0.3, -0.25) is 9.59 Å². The van der Waals surface area contributed by atoms with Crippen LogP contribution in [0.5, 0.6) is 0 Å². The third kappa shape index (κ3) is 2.71. The lowest BCUT2D eigenvalue weighted by Gasteiger charge is -2.35. The molecule has 0 unspecified atom stereocenters. The summed E-state index contributed by atoms with van der Waals surface area (Å²) < 4.78 is 7.40. The van der Waals surface area contributed by atoms with Crippen LogP contribution < -0.4 is 5.43 Å². The molecule has 1 aliphatic rings. The second-order valence-electron chi connectivity index (χ2n) is 7.63. The number of aliphatic hydroxyl groups excluding tert-OH is 1. The minimum Gasteiger partial charge on any atom is -0.507 e. The Bertz CT molecular complexity index is 1220. The van der Waals surface area contributed by atoms with E-state index in [9.17, 15) is 14.7 Å². The van der Waals surface area contributed by atoms with Crippen LogP contribution in [0.3, 0.4) is 0 Å². The van der Waals surface area contributed by atoms with Crippen molar-refractivity contribution in [3.63, 3.8) is 0 Å². The van der Waals surface area contributed by atoms with Gasteiger partial charge in [-0.1, -0.05) is 32.4 Å². The first-order chi connectivity index (χ1) is 13.9. The summed E-state index contributed by atoms with van der Waals surface area (Å²) in [6.45, 7) is 7.70. The lowest BCUT2D eigenvalue weighted by Crippen LogP contribution is -2.41. The molecule has 0 saturated carbocycles. The minimum absolute atomic E-state index is 0.138. The minimum atomic E-state index is -0.927. The molecule has 0 spiro atoms. The summed E-state index contributed by atoms with van der Waals surface area (Å²) >= 11 is 1.59. The average molecular weight is 409 g/mol. The molecule has 1 aromatic carbocycles. The van der Waals surface area contributed by atoms with Crippen LogP contribution in [0.4, 0.5) is 0 Å². The number of hydrogen-bond donors (Lipinski definition) is 1. The van der Waals surface area contributed by atoms with Crippen molar-refractivity contribution in [1.29, 1.82) is 0 Å². The molecule has 0 radical (unpaired) electrons. The fraction of sp³-hybridized carbons (Fsp3) is 0.333. The predicted octanol–water partition coefficient (Wildman–Crippen LogP) is 6.15. The van der Waals surface area contributed by atoms with E-state index in [-0.39, 0.29) is 22.5 Å². The van der Waals surface area contributed by atoms with Crippen molar-refractivity contribution in [2.45, 2.75) is 52.4 Å². The molecule has 0 aliphatic heterocycles. The van der Waals surface area contributed by atoms with Crippen LogP contribution in [0.2, 0.25) is 0 Å². The highest BCUT2D eigenvalue weighted by Gasteiger charge is 2.48. The number of allylic oxidation sites excluding steroid dienone is 1. The first kappa shape index (κ1) is 19.6. The van der Waals surface area contributed by atoms with E-state index in [0.29, 0.717) is 36.4 Å². The summed E-state index contributed by atoms with van der Waals surface area (Å²) in [4.78, 5) is 26.4. The molecular weight excluding hydrogens is 384 g/mol. The molecular formula is C24H24O4S. The number of ketones is 1. The number of aliphatic hydroxyl groups is 1. The van der Waals surface area contributed by atoms with E-state index in [4.69, 9.17) is 4.42 Å². The van der Waals surface area contributed by atoms with Gasteiger partial charge in [-0.05, 0) is 38.3 Å². The van der Waals surface area contributed by atoms with E-state index >= 15 is 0 Å². The monoisotopic (exact) mass is 408 g/mol. The zero-order valence-electron chi connectivity index (χ0n) is 17.1. The Labute approximate surface area is 173 Å². The summed E-state index contributed by atoms with van der Waals surface area (Å²) in [5.74, 6) is 0.381. The highest BCUT2D eigenvalue weighted by molar-refractivity contribution is 7.17. The zero-order chi connectivity index (χ0) is 20.9. The van der Waals surface area contributed by atoms with Gasteiger partial charge < -0.3 is 9.52 Å². The van der Waals surface area contributed by atoms with Crippen molar-refractivity contribution in [3.8, 4) is 11.3 Å². The van der Waals surface area contributed by atoms with Crippen molar-refractivity contribution in [2.24, 2.45) is 0 Å². The van der Waals surface area contributed by atoms with Crippen LogP contribution in [0.1, 0.15) is 56.9 Å². The Morgan fingerprint density at radius 2 is 1.83 bits per heavy atom. The average Bonchev–Trinajstić information content (AvgIpc) is 3.12. The summed E-state index contributed by atoms with van der Waals surface area (Å²) in [7, 11) is 0. The van der Waals surface area contributed by atoms with E-state index in [1.807, 2.05) is 33.1 Å². The Balaban J connectivity index is 2.06. The summed E-state index contributed by atoms with van der Waals surface area (Å²) in [6.07, 6.45) is 1.38. The van der Waals surface area contributed by atoms with Crippen molar-refractivity contribution < 1.29 is 14.3 Å². The highest BCUT2D eigenvalue weighted by atomic mass is 32.1. The van der Waals surface area contributed by atoms with Crippen molar-refractivity contribution in [3.05, 3.63) is 62.3 Å². The number of carbonyl (C=O) groups excluding carboxylic acids is 1. The third-order valence-corrected chi connectivity index (χ3v) is 7.13. The second-order valence-corrected chi connectivity index (χ2v) is 8.54. The van der Waals surface area contributed by atoms with Crippen LogP contribution in [0.25, 0.3) is 27.2 Å². The standard InChI is InChI=1S/C24H24O4S/c1-5-14-21(26)20-17(25)11-18(28-23(20)24(6-2,7-3)22(14)27)16-12-29-19-9-8-13(4)10-15(16)19/h8-12,26H,5-7H2,1-4H3. The summed E-state index contributed by atoms with van der Waals surface area (Å²) in [6, 6.07) is 7.63. The van der Waals surface area contributed by atoms with Gasteiger partial charge in [0.25, 0.3) is 0 Å². The number of Topliss-reactive ketones (excluding diaryl/α,β-unsaturated/α-hetero) is 1. The molecule has 1 aliphatic carbocycles. The van der Waals surface area contributed by atoms with Crippen LogP contribution in [0, 0.1) is 6.92 Å². The van der Waals surface area contributed by atoms with Gasteiger partial charge >= 0.3 is 0 Å². The molecule has 0 saturated heterocycles. The first-order valence-electron chi connectivity index (χ1n) is 10.0. The zero-order valence-corrected chi connectivity index (χ0v) is 17.9. The van der Waals surface area contributed by atoms with Gasteiger partial charge in [0.15, 0.2) is 11.2 Å². The lowest BCUT2D eigenvalue weighted by molar-refractivity contribution is -0.122. The van der Waals surface area contributed by atoms with Crippen LogP contribution >= 0.6 is 11.3 Å². The Morgan fingerprint density at radius 1 is 1.10 bits per heavy atom. The number of hydrogen-bond acceptors (Lipinski definition) is 5. The van der Waals surface area contributed by atoms with E-state index in [2.05, 4.69) is 18.2 Å². The normalized spacial score (nSPS) is 15.8. The third-order valence-electron chi connectivity index (χ3n) is 6.17. The van der Waals surface area contributed by atoms with Gasteiger partial charge in [0.1, 0.15) is 22.8 Å². The Hall–Kier alpha value is -2.66. The molecule has 5 heteroatoms. The Kier molecular flexibility index (Phi) is 4.74. The largest absolute Gasteiger partial charge is 0.507 e. The SMILES string of the molecule is CCC1=C(O)c2c(oc(-c3csc4ccc(C)cc34)cc2=O)C(CC)(CC)C1=O. The van der Waals surface area contributed by atoms with Crippen molar-refractivity contribution in [1.82, 2.24) is 0 Å². The number of carbonyl (C=O) groups is 1. The summed E-state index contributed by atoms with van der Waals surface area (Å²) in [5.41, 5.74) is 1.19. The van der Waals surface area contributed by atoms with Gasteiger partial charge in [0, 0.05) is 32.7 Å². The van der Waals surface area contributed by atoms with Crippen molar-refractivity contribution in [2.75, 3.05) is 0 Å². The molecule has 4 nitrogen and oxygen atoms in total. The van der Waals surface area contributed by atoms with E-state index < -0.39 is 5.41 Å². The Morgan fingerprint density at radius 3 is 2.48 bits per heavy atom. The van der Waals surface area contributed by atoms with E-state index in [0.717, 1.165) is 21.2 Å². The maximum absolute atomic E-state index is 13.3. The number of aryl methyl sites for hydroxylation is 1. The van der Waals surface area contributed by atoms with Gasteiger partial charge in [-0.2, -0.15) is 0 Å². The molecule has 2 heterocycles. The molecule has 29 heavy (non-hydrogen) atoms. The van der Waals surface area contributed by atoms with Crippen LogP contribution in [-0.4, -0.2) is 10.9 Å². The predicted molar refractivity (Wildman–Crippen MR) is 118 cm³/mol. The van der Waals surface area contributed by atoms with Gasteiger partial charge in [0.2, 0.25) is 0 Å². The topological polar surface area (TPSA) is 67.5 Å². The summed E-state index contributed by atoms with van der Waals surface area (Å²) in [5, 5.41) is 13.7.